The summed E-state index contributed by atoms with van der Waals surface area (Å²) in [4.78, 5) is 53.3. The molecule has 0 aliphatic carbocycles. The van der Waals surface area contributed by atoms with Crippen molar-refractivity contribution in [3.8, 4) is 0 Å². The number of H-pyrrole nitrogens is 1. The molecule has 204 valence electrons. The van der Waals surface area contributed by atoms with Crippen LogP contribution in [-0.4, -0.2) is 76.2 Å². The van der Waals surface area contributed by atoms with Crippen LogP contribution in [0.1, 0.15) is 38.7 Å². The van der Waals surface area contributed by atoms with Crippen molar-refractivity contribution in [2.75, 3.05) is 13.2 Å². The second kappa shape index (κ2) is 14.3. The average molecular weight is 519 g/mol. The molecule has 0 saturated heterocycles. The number of carboxylic acids is 1. The zero-order valence-electron chi connectivity index (χ0n) is 21.2. The number of para-hydroxylation sites is 1. The van der Waals surface area contributed by atoms with Crippen molar-refractivity contribution >= 4 is 34.6 Å². The van der Waals surface area contributed by atoms with Gasteiger partial charge in [0.25, 0.3) is 0 Å². The number of nitrogens with one attached hydrogen (secondary N) is 4. The van der Waals surface area contributed by atoms with Gasteiger partial charge in [-0.25, -0.2) is 4.79 Å². The van der Waals surface area contributed by atoms with Crippen LogP contribution < -0.4 is 27.4 Å². The summed E-state index contributed by atoms with van der Waals surface area (Å²) in [6.07, 6.45) is 2.98. The average Bonchev–Trinajstić information content (AvgIpc) is 3.28. The molecule has 0 aliphatic heterocycles. The van der Waals surface area contributed by atoms with Gasteiger partial charge in [0.2, 0.25) is 17.7 Å². The van der Waals surface area contributed by atoms with Crippen molar-refractivity contribution in [3.63, 3.8) is 0 Å². The number of aromatic amines is 1. The van der Waals surface area contributed by atoms with Gasteiger partial charge in [-0.2, -0.15) is 0 Å². The lowest BCUT2D eigenvalue weighted by Crippen LogP contribution is -2.58. The van der Waals surface area contributed by atoms with Crippen molar-refractivity contribution in [1.82, 2.24) is 20.9 Å². The standard InChI is InChI=1S/C25H38N6O6/c1-14(2)21(27)24(35)31-20(13-32)23(34)29-18(9-5-6-10-26)22(33)30-19(25(36)37)11-15-12-28-17-8-4-3-7-16(15)17/h3-4,7-8,12,14,18-21,28,32H,5-6,9-11,13,26-27H2,1-2H3,(H,29,34)(H,30,33)(H,31,35)(H,36,37). The minimum absolute atomic E-state index is 0.0248. The molecule has 0 spiro atoms. The van der Waals surface area contributed by atoms with Gasteiger partial charge in [0.15, 0.2) is 0 Å². The topological polar surface area (TPSA) is 213 Å². The monoisotopic (exact) mass is 518 g/mol. The zero-order valence-corrected chi connectivity index (χ0v) is 21.2. The predicted molar refractivity (Wildman–Crippen MR) is 138 cm³/mol. The number of aliphatic hydroxyl groups is 1. The molecule has 12 nitrogen and oxygen atoms in total. The molecule has 1 aromatic carbocycles. The van der Waals surface area contributed by atoms with Crippen LogP contribution in [0.5, 0.6) is 0 Å². The number of hydrogen-bond acceptors (Lipinski definition) is 7. The molecule has 1 aromatic heterocycles. The van der Waals surface area contributed by atoms with Gasteiger partial charge in [0.1, 0.15) is 18.1 Å². The van der Waals surface area contributed by atoms with Crippen molar-refractivity contribution in [2.24, 2.45) is 17.4 Å². The summed E-state index contributed by atoms with van der Waals surface area (Å²) in [5.41, 5.74) is 12.9. The zero-order chi connectivity index (χ0) is 27.5. The van der Waals surface area contributed by atoms with Gasteiger partial charge in [-0.15, -0.1) is 0 Å². The predicted octanol–water partition coefficient (Wildman–Crippen LogP) is -0.646. The van der Waals surface area contributed by atoms with Gasteiger partial charge in [-0.3, -0.25) is 14.4 Å². The lowest BCUT2D eigenvalue weighted by molar-refractivity contribution is -0.142. The summed E-state index contributed by atoms with van der Waals surface area (Å²) in [6.45, 7) is 3.15. The van der Waals surface area contributed by atoms with Gasteiger partial charge in [-0.05, 0) is 43.4 Å². The Labute approximate surface area is 215 Å². The molecule has 4 unspecified atom stereocenters. The van der Waals surface area contributed by atoms with Crippen molar-refractivity contribution < 1.29 is 29.4 Å². The lowest BCUT2D eigenvalue weighted by Gasteiger charge is -2.25. The van der Waals surface area contributed by atoms with Crippen LogP contribution in [0.4, 0.5) is 0 Å². The van der Waals surface area contributed by atoms with E-state index >= 15 is 0 Å². The Morgan fingerprint density at radius 1 is 0.946 bits per heavy atom. The lowest BCUT2D eigenvalue weighted by atomic mass is 10.0. The largest absolute Gasteiger partial charge is 0.480 e. The molecule has 0 saturated carbocycles. The number of fused-ring (bicyclic) bond motifs is 1. The van der Waals surface area contributed by atoms with E-state index in [0.717, 1.165) is 16.5 Å². The number of benzene rings is 1. The minimum atomic E-state index is -1.33. The number of carbonyl (C=O) groups excluding carboxylic acids is 3. The Morgan fingerprint density at radius 3 is 2.19 bits per heavy atom. The third-order valence-electron chi connectivity index (χ3n) is 6.13. The molecule has 10 N–H and O–H groups in total. The molecule has 3 amide bonds. The number of hydrogen-bond donors (Lipinski definition) is 8. The van der Waals surface area contributed by atoms with E-state index in [1.54, 1.807) is 20.0 Å². The second-order valence-corrected chi connectivity index (χ2v) is 9.32. The van der Waals surface area contributed by atoms with Gasteiger partial charge >= 0.3 is 5.97 Å². The number of rotatable bonds is 15. The van der Waals surface area contributed by atoms with E-state index in [1.165, 1.54) is 0 Å². The number of amides is 3. The Hall–Kier alpha value is -3.48. The summed E-state index contributed by atoms with van der Waals surface area (Å²) in [7, 11) is 0. The Kier molecular flexibility index (Phi) is 11.5. The van der Waals surface area contributed by atoms with Crippen LogP contribution in [0.25, 0.3) is 10.9 Å². The van der Waals surface area contributed by atoms with E-state index in [4.69, 9.17) is 11.5 Å². The normalized spacial score (nSPS) is 14.5. The molecule has 0 radical (unpaired) electrons. The fourth-order valence-corrected chi connectivity index (χ4v) is 3.79. The first-order chi connectivity index (χ1) is 17.6. The van der Waals surface area contributed by atoms with Crippen LogP contribution in [0.15, 0.2) is 30.5 Å². The first kappa shape index (κ1) is 29.7. The van der Waals surface area contributed by atoms with E-state index in [-0.39, 0.29) is 18.8 Å². The van der Waals surface area contributed by atoms with Gasteiger partial charge in [0.05, 0.1) is 12.6 Å². The van der Waals surface area contributed by atoms with Crippen LogP contribution >= 0.6 is 0 Å². The van der Waals surface area contributed by atoms with Crippen molar-refractivity contribution in [1.29, 1.82) is 0 Å². The molecular formula is C25H38N6O6. The van der Waals surface area contributed by atoms with Crippen LogP contribution in [0.3, 0.4) is 0 Å². The molecule has 0 bridgehead atoms. The smallest absolute Gasteiger partial charge is 0.326 e. The van der Waals surface area contributed by atoms with Gasteiger partial charge < -0.3 is 42.6 Å². The second-order valence-electron chi connectivity index (χ2n) is 9.32. The SMILES string of the molecule is CC(C)C(N)C(=O)NC(CO)C(=O)NC(CCCCN)C(=O)NC(Cc1c[nH]c2ccccc12)C(=O)O. The number of carbonyl (C=O) groups is 4. The highest BCUT2D eigenvalue weighted by Crippen LogP contribution is 2.19. The van der Waals surface area contributed by atoms with E-state index in [9.17, 15) is 29.4 Å². The molecular weight excluding hydrogens is 480 g/mol. The van der Waals surface area contributed by atoms with Gasteiger partial charge in [0, 0.05) is 23.5 Å². The number of aliphatic carboxylic acids is 1. The third kappa shape index (κ3) is 8.55. The third-order valence-corrected chi connectivity index (χ3v) is 6.13. The number of aliphatic hydroxyl groups excluding tert-OH is 1. The molecule has 0 aliphatic rings. The van der Waals surface area contributed by atoms with E-state index in [0.29, 0.717) is 19.4 Å². The number of unbranched alkanes of at least 4 members (excludes halogenated alkanes) is 1. The van der Waals surface area contributed by atoms with E-state index in [2.05, 4.69) is 20.9 Å². The summed E-state index contributed by atoms with van der Waals surface area (Å²) in [5, 5.41) is 27.7. The van der Waals surface area contributed by atoms with Crippen LogP contribution in [-0.2, 0) is 25.6 Å². The first-order valence-electron chi connectivity index (χ1n) is 12.3. The fourth-order valence-electron chi connectivity index (χ4n) is 3.79. The highest BCUT2D eigenvalue weighted by atomic mass is 16.4. The summed E-state index contributed by atoms with van der Waals surface area (Å²) < 4.78 is 0. The highest BCUT2D eigenvalue weighted by Gasteiger charge is 2.30. The minimum Gasteiger partial charge on any atom is -0.480 e. The molecule has 4 atom stereocenters. The van der Waals surface area contributed by atoms with Crippen LogP contribution in [0, 0.1) is 5.92 Å². The van der Waals surface area contributed by atoms with E-state index in [1.807, 2.05) is 24.3 Å². The number of aromatic nitrogens is 1. The molecule has 2 rings (SSSR count). The molecule has 1 heterocycles. The quantitative estimate of drug-likeness (QED) is 0.142. The fraction of sp³-hybridized carbons (Fsp3) is 0.520. The van der Waals surface area contributed by atoms with Gasteiger partial charge in [-0.1, -0.05) is 32.0 Å². The Morgan fingerprint density at radius 2 is 1.57 bits per heavy atom. The van der Waals surface area contributed by atoms with E-state index < -0.39 is 54.5 Å². The van der Waals surface area contributed by atoms with Crippen molar-refractivity contribution in [2.45, 2.75) is 63.7 Å². The Balaban J connectivity index is 2.13. The number of nitrogens with two attached hydrogens (primary N) is 2. The molecule has 2 aromatic rings. The maximum Gasteiger partial charge on any atom is 0.326 e. The molecule has 0 fully saturated rings. The molecule has 37 heavy (non-hydrogen) atoms. The maximum atomic E-state index is 13.1. The summed E-state index contributed by atoms with van der Waals surface area (Å²) in [6, 6.07) is 2.84. The summed E-state index contributed by atoms with van der Waals surface area (Å²) >= 11 is 0. The summed E-state index contributed by atoms with van der Waals surface area (Å²) in [5.74, 6) is -3.52. The highest BCUT2D eigenvalue weighted by molar-refractivity contribution is 5.94. The molecule has 12 heteroatoms. The number of carboxylic acid groups (broad SMARTS) is 1. The van der Waals surface area contributed by atoms with Crippen LogP contribution in [0.2, 0.25) is 0 Å². The van der Waals surface area contributed by atoms with Crippen molar-refractivity contribution in [3.05, 3.63) is 36.0 Å². The Bertz CT molecular complexity index is 1070. The maximum absolute atomic E-state index is 13.1. The first-order valence-corrected chi connectivity index (χ1v) is 12.3.